The van der Waals surface area contributed by atoms with Gasteiger partial charge in [0.05, 0.1) is 0 Å². The lowest BCUT2D eigenvalue weighted by atomic mass is 10.1. The van der Waals surface area contributed by atoms with Crippen LogP contribution in [0.1, 0.15) is 32.6 Å². The molecule has 0 aliphatic carbocycles. The predicted octanol–water partition coefficient (Wildman–Crippen LogP) is 0.901. The Morgan fingerprint density at radius 3 is 1.78 bits per heavy atom. The number of rotatable bonds is 4. The standard InChI is InChI=1S/C15H16O8/c1-2-3-4-5-10-15(21-12(17)7-6-11(16)20-10)22-13(18)8-9-14(19)23-15/h6-10H,2-5H2,1H3/b7-6-. The van der Waals surface area contributed by atoms with E-state index in [0.29, 0.717) is 6.42 Å². The molecule has 2 aliphatic heterocycles. The van der Waals surface area contributed by atoms with E-state index in [1.807, 2.05) is 6.92 Å². The Hall–Kier alpha value is -2.64. The van der Waals surface area contributed by atoms with E-state index in [1.54, 1.807) is 0 Å². The van der Waals surface area contributed by atoms with Gasteiger partial charge < -0.3 is 18.9 Å². The van der Waals surface area contributed by atoms with Gasteiger partial charge in [0.15, 0.2) is 0 Å². The lowest BCUT2D eigenvalue weighted by Gasteiger charge is -2.35. The molecule has 0 radical (unpaired) electrons. The van der Waals surface area contributed by atoms with Crippen LogP contribution in [-0.4, -0.2) is 36.0 Å². The second-order valence-corrected chi connectivity index (χ2v) is 4.95. The molecule has 0 fully saturated rings. The molecule has 0 amide bonds. The Morgan fingerprint density at radius 2 is 1.30 bits per heavy atom. The largest absolute Gasteiger partial charge is 0.463 e. The summed E-state index contributed by atoms with van der Waals surface area (Å²) in [6, 6.07) is 0. The minimum absolute atomic E-state index is 0.182. The first kappa shape index (κ1) is 16.7. The third kappa shape index (κ3) is 4.18. The molecule has 1 spiro atoms. The van der Waals surface area contributed by atoms with Gasteiger partial charge in [-0.15, -0.1) is 0 Å². The van der Waals surface area contributed by atoms with Crippen LogP contribution in [0.15, 0.2) is 24.3 Å². The highest BCUT2D eigenvalue weighted by molar-refractivity contribution is 5.95. The molecule has 2 rings (SSSR count). The molecule has 0 aromatic rings. The van der Waals surface area contributed by atoms with Gasteiger partial charge in [0.2, 0.25) is 6.10 Å². The van der Waals surface area contributed by atoms with Gasteiger partial charge >= 0.3 is 29.9 Å². The second-order valence-electron chi connectivity index (χ2n) is 4.95. The van der Waals surface area contributed by atoms with Crippen molar-refractivity contribution >= 4 is 23.9 Å². The summed E-state index contributed by atoms with van der Waals surface area (Å²) in [6.45, 7) is 1.97. The Bertz CT molecular complexity index is 554. The zero-order chi connectivity index (χ0) is 16.9. The van der Waals surface area contributed by atoms with Crippen molar-refractivity contribution in [3.05, 3.63) is 24.3 Å². The van der Waals surface area contributed by atoms with Crippen molar-refractivity contribution in [3.63, 3.8) is 0 Å². The van der Waals surface area contributed by atoms with Crippen LogP contribution in [0.5, 0.6) is 0 Å². The number of cyclic esters (lactones) is 1. The lowest BCUT2D eigenvalue weighted by molar-refractivity contribution is -0.359. The van der Waals surface area contributed by atoms with E-state index < -0.39 is 36.0 Å². The number of ether oxygens (including phenoxy) is 4. The van der Waals surface area contributed by atoms with Crippen LogP contribution in [-0.2, 0) is 38.1 Å². The first-order chi connectivity index (χ1) is 10.9. The van der Waals surface area contributed by atoms with E-state index in [9.17, 15) is 19.2 Å². The van der Waals surface area contributed by atoms with Gasteiger partial charge in [0, 0.05) is 24.3 Å². The van der Waals surface area contributed by atoms with Crippen molar-refractivity contribution in [1.82, 2.24) is 0 Å². The normalized spacial score (nSPS) is 24.7. The van der Waals surface area contributed by atoms with Crippen molar-refractivity contribution in [2.45, 2.75) is 44.7 Å². The number of unbranched alkanes of at least 4 members (excludes halogenated alkanes) is 2. The molecule has 0 aromatic carbocycles. The van der Waals surface area contributed by atoms with Crippen LogP contribution in [0.25, 0.3) is 0 Å². The smallest absolute Gasteiger partial charge is 0.446 e. The molecule has 0 saturated carbocycles. The molecular formula is C15H16O8. The summed E-state index contributed by atoms with van der Waals surface area (Å²) >= 11 is 0. The molecule has 8 heteroatoms. The molecular weight excluding hydrogens is 308 g/mol. The Balaban J connectivity index is 2.36. The van der Waals surface area contributed by atoms with E-state index in [1.165, 1.54) is 0 Å². The fourth-order valence-electron chi connectivity index (χ4n) is 2.12. The van der Waals surface area contributed by atoms with Crippen molar-refractivity contribution < 1.29 is 38.1 Å². The number of hydrogen-bond acceptors (Lipinski definition) is 8. The quantitative estimate of drug-likeness (QED) is 0.555. The summed E-state index contributed by atoms with van der Waals surface area (Å²) in [4.78, 5) is 46.8. The number of esters is 4. The molecule has 2 heterocycles. The fourth-order valence-corrected chi connectivity index (χ4v) is 2.12. The number of carbonyl (C=O) groups excluding carboxylic acids is 4. The maximum absolute atomic E-state index is 11.7. The Morgan fingerprint density at radius 1 is 0.826 bits per heavy atom. The summed E-state index contributed by atoms with van der Waals surface area (Å²) in [7, 11) is 0. The monoisotopic (exact) mass is 324 g/mol. The molecule has 0 N–H and O–H groups in total. The predicted molar refractivity (Wildman–Crippen MR) is 73.3 cm³/mol. The zero-order valence-electron chi connectivity index (χ0n) is 12.5. The molecule has 8 nitrogen and oxygen atoms in total. The molecule has 2 aliphatic rings. The molecule has 0 bridgehead atoms. The highest BCUT2D eigenvalue weighted by Crippen LogP contribution is 2.31. The Kier molecular flexibility index (Phi) is 5.15. The van der Waals surface area contributed by atoms with E-state index >= 15 is 0 Å². The third-order valence-corrected chi connectivity index (χ3v) is 3.16. The van der Waals surface area contributed by atoms with E-state index in [4.69, 9.17) is 18.9 Å². The van der Waals surface area contributed by atoms with Crippen LogP contribution in [0, 0.1) is 0 Å². The van der Waals surface area contributed by atoms with Gasteiger partial charge in [0.1, 0.15) is 0 Å². The first-order valence-electron chi connectivity index (χ1n) is 7.21. The number of hydrogen-bond donors (Lipinski definition) is 0. The van der Waals surface area contributed by atoms with Crippen LogP contribution in [0.3, 0.4) is 0 Å². The van der Waals surface area contributed by atoms with Crippen molar-refractivity contribution in [2.75, 3.05) is 0 Å². The SMILES string of the molecule is CCCCCC1OC(=O)/C=C\C(=O)OC12OC(=O)C=CC(=O)O2. The van der Waals surface area contributed by atoms with Crippen molar-refractivity contribution in [1.29, 1.82) is 0 Å². The maximum Gasteiger partial charge on any atom is 0.463 e. The minimum atomic E-state index is -2.43. The summed E-state index contributed by atoms with van der Waals surface area (Å²) < 4.78 is 20.1. The maximum atomic E-state index is 11.7. The highest BCUT2D eigenvalue weighted by atomic mass is 16.9. The number of carbonyl (C=O) groups is 4. The average molecular weight is 324 g/mol. The Labute approximate surface area is 132 Å². The molecule has 1 unspecified atom stereocenters. The topological polar surface area (TPSA) is 105 Å². The summed E-state index contributed by atoms with van der Waals surface area (Å²) in [6.07, 6.45) is 4.55. The lowest BCUT2D eigenvalue weighted by Crippen LogP contribution is -2.54. The molecule has 0 aromatic heterocycles. The van der Waals surface area contributed by atoms with E-state index in [0.717, 1.165) is 37.1 Å². The van der Waals surface area contributed by atoms with E-state index in [2.05, 4.69) is 0 Å². The molecule has 124 valence electrons. The summed E-state index contributed by atoms with van der Waals surface area (Å²) in [5.41, 5.74) is 0. The molecule has 1 atom stereocenters. The zero-order valence-corrected chi connectivity index (χ0v) is 12.5. The van der Waals surface area contributed by atoms with E-state index in [-0.39, 0.29) is 6.42 Å². The van der Waals surface area contributed by atoms with Crippen molar-refractivity contribution in [3.8, 4) is 0 Å². The molecule has 0 saturated heterocycles. The van der Waals surface area contributed by atoms with Gasteiger partial charge in [-0.3, -0.25) is 0 Å². The third-order valence-electron chi connectivity index (χ3n) is 3.16. The van der Waals surface area contributed by atoms with Crippen molar-refractivity contribution in [2.24, 2.45) is 0 Å². The van der Waals surface area contributed by atoms with Crippen LogP contribution < -0.4 is 0 Å². The summed E-state index contributed by atoms with van der Waals surface area (Å²) in [5.74, 6) is -6.16. The first-order valence-corrected chi connectivity index (χ1v) is 7.21. The minimum Gasteiger partial charge on any atom is -0.446 e. The van der Waals surface area contributed by atoms with Gasteiger partial charge in [-0.1, -0.05) is 19.8 Å². The van der Waals surface area contributed by atoms with Crippen LogP contribution in [0.4, 0.5) is 0 Å². The average Bonchev–Trinajstić information content (AvgIpc) is 2.63. The summed E-state index contributed by atoms with van der Waals surface area (Å²) in [5, 5.41) is 0. The second kappa shape index (κ2) is 7.08. The van der Waals surface area contributed by atoms with Gasteiger partial charge in [-0.05, 0) is 12.8 Å². The van der Waals surface area contributed by atoms with Crippen LogP contribution in [0.2, 0.25) is 0 Å². The highest BCUT2D eigenvalue weighted by Gasteiger charge is 2.54. The fraction of sp³-hybridized carbons (Fsp3) is 0.467. The molecule has 23 heavy (non-hydrogen) atoms. The van der Waals surface area contributed by atoms with Gasteiger partial charge in [-0.25, -0.2) is 19.2 Å². The van der Waals surface area contributed by atoms with Gasteiger partial charge in [0.25, 0.3) is 0 Å². The van der Waals surface area contributed by atoms with Crippen LogP contribution >= 0.6 is 0 Å². The van der Waals surface area contributed by atoms with Gasteiger partial charge in [-0.2, -0.15) is 0 Å².